The van der Waals surface area contributed by atoms with Gasteiger partial charge in [-0.2, -0.15) is 0 Å². The smallest absolute Gasteiger partial charge is 0.264 e. The van der Waals surface area contributed by atoms with Crippen molar-refractivity contribution >= 4 is 23.2 Å². The Morgan fingerprint density at radius 2 is 2.20 bits per heavy atom. The van der Waals surface area contributed by atoms with E-state index in [2.05, 4.69) is 17.5 Å². The Balaban J connectivity index is 2.47. The van der Waals surface area contributed by atoms with Gasteiger partial charge in [0, 0.05) is 0 Å². The molecule has 5 heteroatoms. The number of carbonyl (C=O) groups is 1. The summed E-state index contributed by atoms with van der Waals surface area (Å²) in [5.74, 6) is 0.321. The van der Waals surface area contributed by atoms with Crippen LogP contribution < -0.4 is 15.8 Å². The van der Waals surface area contributed by atoms with Crippen molar-refractivity contribution in [1.82, 2.24) is 5.32 Å². The minimum atomic E-state index is -0.356. The highest BCUT2D eigenvalue weighted by Crippen LogP contribution is 2.15. The normalized spacial score (nSPS) is 9.40. The van der Waals surface area contributed by atoms with E-state index >= 15 is 0 Å². The average molecular weight is 224 g/mol. The summed E-state index contributed by atoms with van der Waals surface area (Å²) >= 11 is 4.52. The van der Waals surface area contributed by atoms with E-state index in [1.807, 2.05) is 25.1 Å². The van der Waals surface area contributed by atoms with Gasteiger partial charge in [-0.3, -0.25) is 4.79 Å². The summed E-state index contributed by atoms with van der Waals surface area (Å²) < 4.78 is 5.27. The van der Waals surface area contributed by atoms with Crippen LogP contribution in [0.15, 0.2) is 24.3 Å². The summed E-state index contributed by atoms with van der Waals surface area (Å²) in [5, 5.41) is 2.23. The van der Waals surface area contributed by atoms with Crippen LogP contribution in [0.2, 0.25) is 0 Å². The standard InChI is InChI=1S/C10H12N2O2S/c1-7-4-2-3-5-8(7)14-6-9(13)12-10(11)15/h2-5H,6H2,1H3,(H3,11,12,13,15). The molecule has 3 N–H and O–H groups in total. The van der Waals surface area contributed by atoms with Gasteiger partial charge < -0.3 is 15.8 Å². The molecule has 15 heavy (non-hydrogen) atoms. The molecule has 0 spiro atoms. The SMILES string of the molecule is Cc1ccccc1OCC(=O)NC(N)=S. The molecule has 4 nitrogen and oxygen atoms in total. The number of ether oxygens (including phenoxy) is 1. The van der Waals surface area contributed by atoms with Crippen LogP contribution in [0.3, 0.4) is 0 Å². The minimum absolute atomic E-state index is 0.0478. The predicted octanol–water partition coefficient (Wildman–Crippen LogP) is 0.734. The first-order valence-corrected chi connectivity index (χ1v) is 4.78. The zero-order chi connectivity index (χ0) is 11.3. The van der Waals surface area contributed by atoms with Gasteiger partial charge in [0.05, 0.1) is 0 Å². The lowest BCUT2D eigenvalue weighted by Gasteiger charge is -2.08. The lowest BCUT2D eigenvalue weighted by molar-refractivity contribution is -0.121. The summed E-state index contributed by atoms with van der Waals surface area (Å²) in [6.45, 7) is 1.81. The van der Waals surface area contributed by atoms with Gasteiger partial charge in [-0.1, -0.05) is 18.2 Å². The van der Waals surface area contributed by atoms with E-state index in [1.54, 1.807) is 6.07 Å². The number of amides is 1. The molecule has 0 unspecified atom stereocenters. The second-order valence-corrected chi connectivity index (χ2v) is 3.41. The van der Waals surface area contributed by atoms with E-state index in [1.165, 1.54) is 0 Å². The van der Waals surface area contributed by atoms with E-state index in [0.717, 1.165) is 5.56 Å². The molecule has 0 aliphatic heterocycles. The Hall–Kier alpha value is -1.62. The number of para-hydroxylation sites is 1. The summed E-state index contributed by atoms with van der Waals surface area (Å²) in [7, 11) is 0. The van der Waals surface area contributed by atoms with Crippen LogP contribution in [0, 0.1) is 6.92 Å². The second-order valence-electron chi connectivity index (χ2n) is 2.97. The van der Waals surface area contributed by atoms with Crippen LogP contribution in [-0.2, 0) is 4.79 Å². The van der Waals surface area contributed by atoms with Crippen molar-refractivity contribution in [2.24, 2.45) is 5.73 Å². The topological polar surface area (TPSA) is 64.3 Å². The zero-order valence-corrected chi connectivity index (χ0v) is 9.14. The molecular formula is C10H12N2O2S. The van der Waals surface area contributed by atoms with E-state index < -0.39 is 0 Å². The summed E-state index contributed by atoms with van der Waals surface area (Å²) in [5.41, 5.74) is 6.11. The Morgan fingerprint density at radius 3 is 2.80 bits per heavy atom. The molecule has 0 aliphatic carbocycles. The van der Waals surface area contributed by atoms with Gasteiger partial charge in [-0.05, 0) is 30.8 Å². The lowest BCUT2D eigenvalue weighted by Crippen LogP contribution is -2.37. The van der Waals surface area contributed by atoms with Gasteiger partial charge in [0.25, 0.3) is 5.91 Å². The third-order valence-corrected chi connectivity index (χ3v) is 1.82. The zero-order valence-electron chi connectivity index (χ0n) is 8.32. The monoisotopic (exact) mass is 224 g/mol. The molecule has 0 saturated carbocycles. The minimum Gasteiger partial charge on any atom is -0.483 e. The number of hydrogen-bond acceptors (Lipinski definition) is 3. The highest BCUT2D eigenvalue weighted by atomic mass is 32.1. The van der Waals surface area contributed by atoms with E-state index in [9.17, 15) is 4.79 Å². The van der Waals surface area contributed by atoms with Crippen molar-refractivity contribution in [2.75, 3.05) is 6.61 Å². The van der Waals surface area contributed by atoms with Crippen LogP contribution in [0.4, 0.5) is 0 Å². The molecule has 0 aliphatic rings. The molecule has 1 aromatic carbocycles. The lowest BCUT2D eigenvalue weighted by atomic mass is 10.2. The van der Waals surface area contributed by atoms with Gasteiger partial charge >= 0.3 is 0 Å². The van der Waals surface area contributed by atoms with Crippen LogP contribution in [0.5, 0.6) is 5.75 Å². The molecule has 1 aromatic rings. The maximum absolute atomic E-state index is 11.1. The van der Waals surface area contributed by atoms with Crippen LogP contribution in [0.25, 0.3) is 0 Å². The fourth-order valence-corrected chi connectivity index (χ4v) is 1.15. The molecular weight excluding hydrogens is 212 g/mol. The quantitative estimate of drug-likeness (QED) is 0.743. The van der Waals surface area contributed by atoms with Crippen molar-refractivity contribution in [3.05, 3.63) is 29.8 Å². The van der Waals surface area contributed by atoms with Crippen molar-refractivity contribution in [3.63, 3.8) is 0 Å². The van der Waals surface area contributed by atoms with E-state index in [0.29, 0.717) is 5.75 Å². The fourth-order valence-electron chi connectivity index (χ4n) is 1.04. The summed E-state index contributed by atoms with van der Waals surface area (Å²) in [4.78, 5) is 11.1. The third kappa shape index (κ3) is 3.95. The van der Waals surface area contributed by atoms with Crippen LogP contribution in [0.1, 0.15) is 5.56 Å². The Morgan fingerprint density at radius 1 is 1.53 bits per heavy atom. The Bertz CT molecular complexity index is 379. The molecule has 0 saturated heterocycles. The van der Waals surface area contributed by atoms with Gasteiger partial charge in [0.15, 0.2) is 11.7 Å². The van der Waals surface area contributed by atoms with Crippen molar-refractivity contribution in [3.8, 4) is 5.75 Å². The highest BCUT2D eigenvalue weighted by molar-refractivity contribution is 7.80. The number of carbonyl (C=O) groups excluding carboxylic acids is 1. The van der Waals surface area contributed by atoms with E-state index in [4.69, 9.17) is 10.5 Å². The first kappa shape index (κ1) is 11.5. The number of nitrogens with two attached hydrogens (primary N) is 1. The highest BCUT2D eigenvalue weighted by Gasteiger charge is 2.04. The van der Waals surface area contributed by atoms with Crippen LogP contribution in [-0.4, -0.2) is 17.6 Å². The molecule has 0 heterocycles. The number of aryl methyl sites for hydroxylation is 1. The van der Waals surface area contributed by atoms with Gasteiger partial charge in [-0.15, -0.1) is 0 Å². The molecule has 0 atom stereocenters. The van der Waals surface area contributed by atoms with Gasteiger partial charge in [-0.25, -0.2) is 0 Å². The molecule has 0 bridgehead atoms. The molecule has 1 rings (SSSR count). The maximum atomic E-state index is 11.1. The third-order valence-electron chi connectivity index (χ3n) is 1.71. The molecule has 0 radical (unpaired) electrons. The predicted molar refractivity (Wildman–Crippen MR) is 61.6 cm³/mol. The number of thiocarbonyl (C=S) groups is 1. The second kappa shape index (κ2) is 5.31. The van der Waals surface area contributed by atoms with Crippen molar-refractivity contribution < 1.29 is 9.53 Å². The van der Waals surface area contributed by atoms with Gasteiger partial charge in [0.2, 0.25) is 0 Å². The number of rotatable bonds is 3. The Labute approximate surface area is 93.4 Å². The largest absolute Gasteiger partial charge is 0.483 e. The molecule has 1 amide bonds. The van der Waals surface area contributed by atoms with E-state index in [-0.39, 0.29) is 17.6 Å². The fraction of sp³-hybridized carbons (Fsp3) is 0.200. The number of benzene rings is 1. The van der Waals surface area contributed by atoms with Crippen molar-refractivity contribution in [1.29, 1.82) is 0 Å². The van der Waals surface area contributed by atoms with Crippen LogP contribution >= 0.6 is 12.2 Å². The van der Waals surface area contributed by atoms with Gasteiger partial charge in [0.1, 0.15) is 5.75 Å². The molecule has 80 valence electrons. The first-order chi connectivity index (χ1) is 7.09. The maximum Gasteiger partial charge on any atom is 0.264 e. The Kier molecular flexibility index (Phi) is 4.05. The summed E-state index contributed by atoms with van der Waals surface area (Å²) in [6, 6.07) is 7.44. The first-order valence-electron chi connectivity index (χ1n) is 4.37. The average Bonchev–Trinajstić information content (AvgIpc) is 2.15. The molecule has 0 aromatic heterocycles. The molecule has 0 fully saturated rings. The number of nitrogens with one attached hydrogen (secondary N) is 1. The summed E-state index contributed by atoms with van der Waals surface area (Å²) in [6.07, 6.45) is 0. The number of hydrogen-bond donors (Lipinski definition) is 2. The van der Waals surface area contributed by atoms with Crippen molar-refractivity contribution in [2.45, 2.75) is 6.92 Å².